The first kappa shape index (κ1) is 10.4. The molecule has 2 rings (SSSR count). The van der Waals surface area contributed by atoms with Gasteiger partial charge in [-0.3, -0.25) is 0 Å². The van der Waals surface area contributed by atoms with Gasteiger partial charge in [0.05, 0.1) is 6.10 Å². The van der Waals surface area contributed by atoms with E-state index in [1.165, 1.54) is 12.1 Å². The van der Waals surface area contributed by atoms with Crippen LogP contribution in [0.4, 0.5) is 4.39 Å². The van der Waals surface area contributed by atoms with Crippen molar-refractivity contribution >= 4 is 5.57 Å². The highest BCUT2D eigenvalue weighted by atomic mass is 19.1. The third-order valence-electron chi connectivity index (χ3n) is 2.83. The molecular weight excluding hydrogens is 191 g/mol. The molecular formula is C13H15FO. The van der Waals surface area contributed by atoms with E-state index in [9.17, 15) is 9.50 Å². The summed E-state index contributed by atoms with van der Waals surface area (Å²) in [5.74, 6) is -0.234. The van der Waals surface area contributed by atoms with E-state index in [1.807, 2.05) is 0 Å². The zero-order chi connectivity index (χ0) is 10.7. The summed E-state index contributed by atoms with van der Waals surface area (Å²) >= 11 is 0. The van der Waals surface area contributed by atoms with Gasteiger partial charge in [0.25, 0.3) is 0 Å². The Hall–Kier alpha value is -1.15. The first-order valence-corrected chi connectivity index (χ1v) is 5.41. The van der Waals surface area contributed by atoms with Crippen molar-refractivity contribution in [3.8, 4) is 0 Å². The molecule has 1 N–H and O–H groups in total. The second-order valence-corrected chi connectivity index (χ2v) is 3.97. The topological polar surface area (TPSA) is 20.2 Å². The largest absolute Gasteiger partial charge is 0.388 e. The monoisotopic (exact) mass is 206 g/mol. The predicted octanol–water partition coefficient (Wildman–Crippen LogP) is 3.14. The van der Waals surface area contributed by atoms with Crippen molar-refractivity contribution in [1.82, 2.24) is 0 Å². The summed E-state index contributed by atoms with van der Waals surface area (Å²) in [6.07, 6.45) is 5.68. The zero-order valence-corrected chi connectivity index (χ0v) is 8.62. The molecule has 0 radical (unpaired) electrons. The summed E-state index contributed by atoms with van der Waals surface area (Å²) in [4.78, 5) is 0. The van der Waals surface area contributed by atoms with E-state index in [1.54, 1.807) is 12.1 Å². The number of aliphatic hydroxyl groups excluding tert-OH is 1. The molecule has 1 aromatic carbocycles. The molecule has 1 nitrogen and oxygen atoms in total. The Morgan fingerprint density at radius 3 is 2.60 bits per heavy atom. The van der Waals surface area contributed by atoms with Gasteiger partial charge in [-0.15, -0.1) is 0 Å². The summed E-state index contributed by atoms with van der Waals surface area (Å²) in [5.41, 5.74) is 1.89. The van der Waals surface area contributed by atoms with Crippen molar-refractivity contribution in [2.24, 2.45) is 0 Å². The molecule has 2 heteroatoms. The van der Waals surface area contributed by atoms with Gasteiger partial charge >= 0.3 is 0 Å². The minimum atomic E-state index is -0.391. The fraction of sp³-hybridized carbons (Fsp3) is 0.385. The maximum Gasteiger partial charge on any atom is 0.123 e. The van der Waals surface area contributed by atoms with Gasteiger partial charge in [0.15, 0.2) is 0 Å². The molecule has 1 aliphatic carbocycles. The fourth-order valence-electron chi connectivity index (χ4n) is 1.98. The molecule has 0 saturated heterocycles. The number of hydrogen-bond acceptors (Lipinski definition) is 1. The average Bonchev–Trinajstić information content (AvgIpc) is 2.44. The van der Waals surface area contributed by atoms with Crippen LogP contribution < -0.4 is 0 Å². The molecule has 80 valence electrons. The van der Waals surface area contributed by atoms with E-state index in [2.05, 4.69) is 6.08 Å². The van der Waals surface area contributed by atoms with Gasteiger partial charge in [0, 0.05) is 0 Å². The highest BCUT2D eigenvalue weighted by Gasteiger charge is 2.14. The van der Waals surface area contributed by atoms with Gasteiger partial charge in [-0.05, 0) is 42.5 Å². The summed E-state index contributed by atoms with van der Waals surface area (Å²) in [7, 11) is 0. The maximum absolute atomic E-state index is 12.7. The molecule has 1 aromatic rings. The SMILES string of the molecule is OC1CCCCC=C1c1ccc(F)cc1. The van der Waals surface area contributed by atoms with Crippen LogP contribution >= 0.6 is 0 Å². The van der Waals surface area contributed by atoms with Crippen LogP contribution in [0, 0.1) is 5.82 Å². The Labute approximate surface area is 89.3 Å². The number of aliphatic hydroxyl groups is 1. The lowest BCUT2D eigenvalue weighted by Gasteiger charge is -2.12. The first-order chi connectivity index (χ1) is 7.27. The minimum absolute atomic E-state index is 0.234. The third kappa shape index (κ3) is 2.45. The molecule has 0 saturated carbocycles. The Morgan fingerprint density at radius 2 is 1.87 bits per heavy atom. The van der Waals surface area contributed by atoms with Crippen LogP contribution in [0.1, 0.15) is 31.2 Å². The lowest BCUT2D eigenvalue weighted by molar-refractivity contribution is 0.220. The molecule has 0 aromatic heterocycles. The summed E-state index contributed by atoms with van der Waals surface area (Å²) in [6.45, 7) is 0. The second-order valence-electron chi connectivity index (χ2n) is 3.97. The van der Waals surface area contributed by atoms with Crippen LogP contribution in [0.25, 0.3) is 5.57 Å². The van der Waals surface area contributed by atoms with Crippen molar-refractivity contribution in [2.45, 2.75) is 31.8 Å². The van der Waals surface area contributed by atoms with E-state index in [-0.39, 0.29) is 5.82 Å². The Kier molecular flexibility index (Phi) is 3.17. The van der Waals surface area contributed by atoms with Gasteiger partial charge in [0.1, 0.15) is 5.82 Å². The quantitative estimate of drug-likeness (QED) is 0.748. The van der Waals surface area contributed by atoms with Crippen LogP contribution in [0.2, 0.25) is 0 Å². The van der Waals surface area contributed by atoms with Crippen LogP contribution in [0.3, 0.4) is 0 Å². The number of hydrogen-bond donors (Lipinski definition) is 1. The summed E-state index contributed by atoms with van der Waals surface area (Å²) < 4.78 is 12.7. The van der Waals surface area contributed by atoms with Crippen LogP contribution in [-0.4, -0.2) is 11.2 Å². The zero-order valence-electron chi connectivity index (χ0n) is 8.62. The van der Waals surface area contributed by atoms with Gasteiger partial charge in [-0.2, -0.15) is 0 Å². The summed E-state index contributed by atoms with van der Waals surface area (Å²) in [5, 5.41) is 9.91. The molecule has 1 atom stereocenters. The molecule has 0 heterocycles. The van der Waals surface area contributed by atoms with Gasteiger partial charge < -0.3 is 5.11 Å². The minimum Gasteiger partial charge on any atom is -0.388 e. The lowest BCUT2D eigenvalue weighted by atomic mass is 9.99. The molecule has 1 unspecified atom stereocenters. The number of allylic oxidation sites excluding steroid dienone is 1. The average molecular weight is 206 g/mol. The Morgan fingerprint density at radius 1 is 1.13 bits per heavy atom. The predicted molar refractivity (Wildman–Crippen MR) is 58.9 cm³/mol. The molecule has 0 spiro atoms. The molecule has 15 heavy (non-hydrogen) atoms. The molecule has 0 fully saturated rings. The number of rotatable bonds is 1. The van der Waals surface area contributed by atoms with Crippen molar-refractivity contribution in [3.63, 3.8) is 0 Å². The third-order valence-corrected chi connectivity index (χ3v) is 2.83. The number of benzene rings is 1. The van der Waals surface area contributed by atoms with Crippen molar-refractivity contribution < 1.29 is 9.50 Å². The van der Waals surface area contributed by atoms with Gasteiger partial charge in [-0.1, -0.05) is 24.6 Å². The maximum atomic E-state index is 12.7. The normalized spacial score (nSPS) is 22.0. The van der Waals surface area contributed by atoms with Crippen LogP contribution in [0.15, 0.2) is 30.3 Å². The van der Waals surface area contributed by atoms with E-state index in [0.29, 0.717) is 0 Å². The molecule has 1 aliphatic rings. The van der Waals surface area contributed by atoms with E-state index in [0.717, 1.165) is 36.8 Å². The van der Waals surface area contributed by atoms with Crippen molar-refractivity contribution in [1.29, 1.82) is 0 Å². The Bertz CT molecular complexity index is 353. The number of halogens is 1. The second kappa shape index (κ2) is 4.58. The highest BCUT2D eigenvalue weighted by Crippen LogP contribution is 2.26. The van der Waals surface area contributed by atoms with Crippen LogP contribution in [0.5, 0.6) is 0 Å². The van der Waals surface area contributed by atoms with Gasteiger partial charge in [0.2, 0.25) is 0 Å². The molecule has 0 bridgehead atoms. The van der Waals surface area contributed by atoms with Gasteiger partial charge in [-0.25, -0.2) is 4.39 Å². The van der Waals surface area contributed by atoms with E-state index < -0.39 is 6.10 Å². The first-order valence-electron chi connectivity index (χ1n) is 5.41. The standard InChI is InChI=1S/C13H15FO/c14-11-8-6-10(7-9-11)12-4-2-1-3-5-13(12)15/h4,6-9,13,15H,1-3,5H2. The molecule has 0 aliphatic heterocycles. The van der Waals surface area contributed by atoms with Crippen molar-refractivity contribution in [2.75, 3.05) is 0 Å². The van der Waals surface area contributed by atoms with E-state index in [4.69, 9.17) is 0 Å². The summed E-state index contributed by atoms with van der Waals surface area (Å²) in [6, 6.07) is 6.34. The highest BCUT2D eigenvalue weighted by molar-refractivity contribution is 5.68. The Balaban J connectivity index is 2.27. The van der Waals surface area contributed by atoms with E-state index >= 15 is 0 Å². The van der Waals surface area contributed by atoms with Crippen LogP contribution in [-0.2, 0) is 0 Å². The fourth-order valence-corrected chi connectivity index (χ4v) is 1.98. The van der Waals surface area contributed by atoms with Crippen molar-refractivity contribution in [3.05, 3.63) is 41.7 Å². The lowest BCUT2D eigenvalue weighted by Crippen LogP contribution is -2.07. The molecule has 0 amide bonds. The smallest absolute Gasteiger partial charge is 0.123 e.